The highest BCUT2D eigenvalue weighted by atomic mass is 35.5. The molecule has 0 aromatic heterocycles. The Bertz CT molecular complexity index is 1150. The van der Waals surface area contributed by atoms with Crippen molar-refractivity contribution in [2.75, 3.05) is 23.9 Å². The lowest BCUT2D eigenvalue weighted by Gasteiger charge is -2.34. The predicted octanol–water partition coefficient (Wildman–Crippen LogP) is 4.81. The molecule has 0 radical (unpaired) electrons. The zero-order valence-corrected chi connectivity index (χ0v) is 20.2. The number of benzene rings is 2. The maximum Gasteiger partial charge on any atom is 0.413 e. The zero-order chi connectivity index (χ0) is 24.7. The number of carbonyl (C=O) groups excluding carboxylic acids is 1. The summed E-state index contributed by atoms with van der Waals surface area (Å²) in [5, 5.41) is 4.04. The van der Waals surface area contributed by atoms with Gasteiger partial charge in [0.2, 0.25) is 5.91 Å². The zero-order valence-electron chi connectivity index (χ0n) is 18.6. The molecule has 1 saturated heterocycles. The molecule has 34 heavy (non-hydrogen) atoms. The van der Waals surface area contributed by atoms with Crippen LogP contribution in [0.2, 0.25) is 5.02 Å². The first-order chi connectivity index (χ1) is 15.9. The van der Waals surface area contributed by atoms with Crippen molar-refractivity contribution in [3.05, 3.63) is 64.2 Å². The van der Waals surface area contributed by atoms with Crippen LogP contribution in [0.1, 0.15) is 35.6 Å². The highest BCUT2D eigenvalue weighted by molar-refractivity contribution is 7.91. The Morgan fingerprint density at radius 2 is 1.68 bits per heavy atom. The van der Waals surface area contributed by atoms with Crippen molar-refractivity contribution in [3.8, 4) is 0 Å². The van der Waals surface area contributed by atoms with Crippen molar-refractivity contribution in [1.29, 1.82) is 0 Å². The Balaban J connectivity index is 1.45. The van der Waals surface area contributed by atoms with Crippen LogP contribution in [0.5, 0.6) is 0 Å². The van der Waals surface area contributed by atoms with Gasteiger partial charge in [-0.3, -0.25) is 4.79 Å². The van der Waals surface area contributed by atoms with E-state index in [4.69, 9.17) is 11.6 Å². The second-order valence-electron chi connectivity index (χ2n) is 9.10. The molecule has 1 N–H and O–H groups in total. The molecule has 4 rings (SSSR count). The molecular weight excluding hydrogens is 489 g/mol. The fraction of sp³-hybridized carbons (Fsp3) is 0.458. The SMILES string of the molecule is CN(C(=O)C1CCS(=O)(=O)CC1)[C@@H](c1ccc(NC2Cc3ccc(Cl)cc3C2)cc1)C(F)(F)F. The number of carbonyl (C=O) groups is 1. The summed E-state index contributed by atoms with van der Waals surface area (Å²) in [4.78, 5) is 13.5. The molecule has 1 aliphatic heterocycles. The fourth-order valence-electron chi connectivity index (χ4n) is 4.87. The van der Waals surface area contributed by atoms with Gasteiger partial charge in [-0.1, -0.05) is 29.8 Å². The summed E-state index contributed by atoms with van der Waals surface area (Å²) in [6.45, 7) is 0. The fourth-order valence-corrected chi connectivity index (χ4v) is 6.56. The lowest BCUT2D eigenvalue weighted by Crippen LogP contribution is -2.44. The van der Waals surface area contributed by atoms with Crippen LogP contribution in [0.15, 0.2) is 42.5 Å². The third kappa shape index (κ3) is 5.51. The quantitative estimate of drug-likeness (QED) is 0.622. The number of hydrogen-bond acceptors (Lipinski definition) is 4. The maximum absolute atomic E-state index is 14.0. The molecule has 184 valence electrons. The molecule has 1 aliphatic carbocycles. The van der Waals surface area contributed by atoms with Gasteiger partial charge in [-0.05, 0) is 66.6 Å². The van der Waals surface area contributed by atoms with Gasteiger partial charge in [-0.25, -0.2) is 8.42 Å². The van der Waals surface area contributed by atoms with Crippen LogP contribution in [0.3, 0.4) is 0 Å². The minimum atomic E-state index is -4.67. The van der Waals surface area contributed by atoms with E-state index < -0.39 is 33.9 Å². The van der Waals surface area contributed by atoms with Gasteiger partial charge in [0, 0.05) is 29.7 Å². The molecule has 0 saturated carbocycles. The Hall–Kier alpha value is -2.26. The van der Waals surface area contributed by atoms with E-state index in [2.05, 4.69) is 5.32 Å². The van der Waals surface area contributed by atoms with Crippen LogP contribution in [0.25, 0.3) is 0 Å². The highest BCUT2D eigenvalue weighted by Crippen LogP contribution is 2.39. The number of anilines is 1. The molecule has 10 heteroatoms. The van der Waals surface area contributed by atoms with Gasteiger partial charge in [0.05, 0.1) is 11.5 Å². The summed E-state index contributed by atoms with van der Waals surface area (Å²) < 4.78 is 65.3. The largest absolute Gasteiger partial charge is 0.413 e. The smallest absolute Gasteiger partial charge is 0.382 e. The van der Waals surface area contributed by atoms with Crippen molar-refractivity contribution in [2.45, 2.75) is 43.9 Å². The summed E-state index contributed by atoms with van der Waals surface area (Å²) in [7, 11) is -2.08. The Morgan fingerprint density at radius 1 is 1.06 bits per heavy atom. The lowest BCUT2D eigenvalue weighted by atomic mass is 9.98. The van der Waals surface area contributed by atoms with Gasteiger partial charge in [-0.2, -0.15) is 13.2 Å². The Morgan fingerprint density at radius 3 is 2.29 bits per heavy atom. The minimum absolute atomic E-state index is 0.0428. The topological polar surface area (TPSA) is 66.5 Å². The Kier molecular flexibility index (Phi) is 6.88. The molecule has 1 unspecified atom stereocenters. The van der Waals surface area contributed by atoms with Gasteiger partial charge in [-0.15, -0.1) is 0 Å². The third-order valence-corrected chi connectivity index (χ3v) is 8.60. The van der Waals surface area contributed by atoms with Crippen molar-refractivity contribution < 1.29 is 26.4 Å². The molecule has 2 atom stereocenters. The summed E-state index contributed by atoms with van der Waals surface area (Å²) in [5.74, 6) is -1.75. The average Bonchev–Trinajstić information content (AvgIpc) is 3.15. The molecule has 1 fully saturated rings. The number of hydrogen-bond donors (Lipinski definition) is 1. The molecule has 0 bridgehead atoms. The predicted molar refractivity (Wildman–Crippen MR) is 126 cm³/mol. The molecule has 2 aromatic rings. The van der Waals surface area contributed by atoms with Crippen LogP contribution in [0, 0.1) is 5.92 Å². The van der Waals surface area contributed by atoms with Crippen LogP contribution in [-0.4, -0.2) is 50.0 Å². The number of amides is 1. The lowest BCUT2D eigenvalue weighted by molar-refractivity contribution is -0.190. The van der Waals surface area contributed by atoms with Gasteiger partial charge in [0.25, 0.3) is 0 Å². The molecule has 1 amide bonds. The van der Waals surface area contributed by atoms with Gasteiger partial charge >= 0.3 is 6.18 Å². The van der Waals surface area contributed by atoms with E-state index in [0.717, 1.165) is 25.5 Å². The van der Waals surface area contributed by atoms with Crippen LogP contribution in [-0.2, 0) is 27.5 Å². The first-order valence-electron chi connectivity index (χ1n) is 11.1. The van der Waals surface area contributed by atoms with E-state index in [1.54, 1.807) is 12.1 Å². The first-order valence-corrected chi connectivity index (χ1v) is 13.3. The van der Waals surface area contributed by atoms with Crippen LogP contribution >= 0.6 is 11.6 Å². The number of sulfone groups is 1. The number of halogens is 4. The molecule has 1 heterocycles. The Labute approximate surface area is 202 Å². The average molecular weight is 515 g/mol. The summed E-state index contributed by atoms with van der Waals surface area (Å²) >= 11 is 6.06. The molecule has 2 aromatic carbocycles. The normalized spacial score (nSPS) is 21.0. The third-order valence-electron chi connectivity index (χ3n) is 6.65. The molecule has 2 aliphatic rings. The van der Waals surface area contributed by atoms with Gasteiger partial charge < -0.3 is 10.2 Å². The number of alkyl halides is 3. The number of fused-ring (bicyclic) bond motifs is 1. The van der Waals surface area contributed by atoms with E-state index in [1.807, 2.05) is 18.2 Å². The van der Waals surface area contributed by atoms with Gasteiger partial charge in [0.1, 0.15) is 9.84 Å². The van der Waals surface area contributed by atoms with E-state index >= 15 is 0 Å². The molecular formula is C24H26ClF3N2O3S. The number of nitrogens with one attached hydrogen (secondary N) is 1. The van der Waals surface area contributed by atoms with Crippen molar-refractivity contribution in [1.82, 2.24) is 4.90 Å². The van der Waals surface area contributed by atoms with Crippen LogP contribution < -0.4 is 5.32 Å². The van der Waals surface area contributed by atoms with E-state index in [0.29, 0.717) is 15.6 Å². The standard InChI is InChI=1S/C24H26ClF3N2O3S/c1-30(23(31)16-8-10-34(32,33)11-9-16)22(24(26,27)28)15-3-6-20(7-4-15)29-21-13-17-2-5-19(25)12-18(17)14-21/h2-7,12,16,21-22,29H,8-11,13-14H2,1H3/t21?,22-/m0/s1. The van der Waals surface area contributed by atoms with Crippen molar-refractivity contribution >= 4 is 33.0 Å². The second kappa shape index (κ2) is 9.41. The van der Waals surface area contributed by atoms with E-state index in [1.165, 1.54) is 17.7 Å². The number of rotatable bonds is 5. The molecule has 0 spiro atoms. The van der Waals surface area contributed by atoms with Crippen molar-refractivity contribution in [3.63, 3.8) is 0 Å². The van der Waals surface area contributed by atoms with E-state index in [9.17, 15) is 26.4 Å². The summed E-state index contributed by atoms with van der Waals surface area (Å²) in [6.07, 6.45) is -3.00. The highest BCUT2D eigenvalue weighted by Gasteiger charge is 2.46. The first kappa shape index (κ1) is 24.9. The molecule has 5 nitrogen and oxygen atoms in total. The monoisotopic (exact) mass is 514 g/mol. The minimum Gasteiger partial charge on any atom is -0.382 e. The summed E-state index contributed by atoms with van der Waals surface area (Å²) in [5.41, 5.74) is 3.01. The summed E-state index contributed by atoms with van der Waals surface area (Å²) in [6, 6.07) is 9.73. The number of nitrogens with zero attached hydrogens (tertiary/aromatic N) is 1. The van der Waals surface area contributed by atoms with Gasteiger partial charge in [0.15, 0.2) is 6.04 Å². The van der Waals surface area contributed by atoms with Crippen LogP contribution in [0.4, 0.5) is 18.9 Å². The second-order valence-corrected chi connectivity index (χ2v) is 11.8. The maximum atomic E-state index is 14.0. The van der Waals surface area contributed by atoms with Crippen molar-refractivity contribution in [2.24, 2.45) is 5.92 Å². The van der Waals surface area contributed by atoms with E-state index in [-0.39, 0.29) is 36.0 Å².